The fraction of sp³-hybridized carbons (Fsp3) is 0.784. The molecule has 1 aliphatic carbocycles. The van der Waals surface area contributed by atoms with E-state index in [1.54, 1.807) is 13.8 Å². The SMILES string of the molecule is C[C@@H]1/C=C\CC/C=C/C(=O)[C@H](C)[C@@H]2CC[C@@H](C)[C@@](O)(O2)C(=O)C(=O)N2CCCC[C@H]2C(=O)O[C@H]([C@H](C)C[C@@H]2CC[C@@H](O)[C@H](O)[C@H]2O)CC1. The van der Waals surface area contributed by atoms with E-state index in [0.29, 0.717) is 70.6 Å². The lowest BCUT2D eigenvalue weighted by Crippen LogP contribution is -2.61. The highest BCUT2D eigenvalue weighted by Crippen LogP contribution is 2.38. The maximum atomic E-state index is 13.9. The number of fused-ring (bicyclic) bond motifs is 3. The van der Waals surface area contributed by atoms with Crippen molar-refractivity contribution >= 4 is 23.4 Å². The first-order valence-electron chi connectivity index (χ1n) is 18.1. The van der Waals surface area contributed by atoms with E-state index in [-0.39, 0.29) is 30.1 Å². The van der Waals surface area contributed by atoms with E-state index in [9.17, 15) is 39.6 Å². The number of hydrogen-bond donors (Lipinski definition) is 4. The molecule has 12 atom stereocenters. The van der Waals surface area contributed by atoms with Crippen LogP contribution in [-0.2, 0) is 28.7 Å². The lowest BCUT2D eigenvalue weighted by molar-refractivity contribution is -0.268. The molecule has 4 aliphatic rings. The summed E-state index contributed by atoms with van der Waals surface area (Å²) in [5.41, 5.74) is 0. The van der Waals surface area contributed by atoms with Crippen LogP contribution in [0, 0.1) is 29.6 Å². The third-order valence-electron chi connectivity index (χ3n) is 11.2. The third-order valence-corrected chi connectivity index (χ3v) is 11.2. The van der Waals surface area contributed by atoms with Crippen molar-refractivity contribution in [3.63, 3.8) is 0 Å². The minimum absolute atomic E-state index is 0.147. The van der Waals surface area contributed by atoms with E-state index in [1.165, 1.54) is 11.0 Å². The predicted octanol–water partition coefficient (Wildman–Crippen LogP) is 3.40. The molecule has 2 saturated heterocycles. The van der Waals surface area contributed by atoms with Crippen molar-refractivity contribution in [2.24, 2.45) is 29.6 Å². The van der Waals surface area contributed by atoms with Gasteiger partial charge < -0.3 is 34.8 Å². The van der Waals surface area contributed by atoms with Gasteiger partial charge in [0.1, 0.15) is 18.2 Å². The number of nitrogens with zero attached hydrogens (tertiary/aromatic N) is 1. The molecule has 3 aliphatic heterocycles. The van der Waals surface area contributed by atoms with Gasteiger partial charge in [0.15, 0.2) is 5.78 Å². The van der Waals surface area contributed by atoms with Crippen LogP contribution in [0.25, 0.3) is 0 Å². The van der Waals surface area contributed by atoms with E-state index in [4.69, 9.17) is 9.47 Å². The molecule has 0 aromatic heterocycles. The van der Waals surface area contributed by atoms with Crippen molar-refractivity contribution in [2.75, 3.05) is 6.54 Å². The first-order valence-corrected chi connectivity index (χ1v) is 18.1. The smallest absolute Gasteiger partial charge is 0.329 e. The van der Waals surface area contributed by atoms with Gasteiger partial charge in [0.05, 0.1) is 18.3 Å². The topological polar surface area (TPSA) is 171 Å². The fourth-order valence-corrected chi connectivity index (χ4v) is 7.73. The molecule has 11 heteroatoms. The zero-order valence-electron chi connectivity index (χ0n) is 29.0. The Bertz CT molecular complexity index is 1200. The Balaban J connectivity index is 1.60. The summed E-state index contributed by atoms with van der Waals surface area (Å²) in [6.07, 6.45) is 9.22. The lowest BCUT2D eigenvalue weighted by atomic mass is 9.76. The number of piperidine rings is 1. The summed E-state index contributed by atoms with van der Waals surface area (Å²) in [5, 5.41) is 42.6. The highest BCUT2D eigenvalue weighted by atomic mass is 16.6. The number of carbonyl (C=O) groups excluding carboxylic acids is 4. The number of rotatable bonds is 3. The number of hydrogen-bond acceptors (Lipinski definition) is 10. The number of Topliss-reactive ketones (excluding diaryl/α,β-unsaturated/α-hetero) is 1. The van der Waals surface area contributed by atoms with Crippen molar-refractivity contribution in [2.45, 2.75) is 147 Å². The Morgan fingerprint density at radius 2 is 1.62 bits per heavy atom. The van der Waals surface area contributed by atoms with Crippen molar-refractivity contribution in [3.05, 3.63) is 24.3 Å². The van der Waals surface area contributed by atoms with Crippen LogP contribution in [0.3, 0.4) is 0 Å². The summed E-state index contributed by atoms with van der Waals surface area (Å²) in [5.74, 6) is -7.02. The average molecular weight is 676 g/mol. The third kappa shape index (κ3) is 9.01. The first kappa shape index (κ1) is 38.4. The highest BCUT2D eigenvalue weighted by molar-refractivity contribution is 6.39. The van der Waals surface area contributed by atoms with Gasteiger partial charge in [-0.1, -0.05) is 45.9 Å². The number of allylic oxidation sites excluding steroid dienone is 4. The molecule has 3 fully saturated rings. The maximum Gasteiger partial charge on any atom is 0.329 e. The molecular formula is C37H57NO10. The Labute approximate surface area is 284 Å². The number of amides is 1. The molecule has 2 bridgehead atoms. The second kappa shape index (κ2) is 17.0. The van der Waals surface area contributed by atoms with Crippen molar-refractivity contribution in [1.82, 2.24) is 4.90 Å². The van der Waals surface area contributed by atoms with E-state index >= 15 is 0 Å². The average Bonchev–Trinajstić information content (AvgIpc) is 3.07. The molecule has 0 spiro atoms. The van der Waals surface area contributed by atoms with Crippen LogP contribution >= 0.6 is 0 Å². The molecule has 1 saturated carbocycles. The molecule has 48 heavy (non-hydrogen) atoms. The van der Waals surface area contributed by atoms with Gasteiger partial charge >= 0.3 is 5.97 Å². The van der Waals surface area contributed by atoms with Gasteiger partial charge in [-0.15, -0.1) is 0 Å². The number of ether oxygens (including phenoxy) is 2. The molecule has 0 radical (unpaired) electrons. The molecule has 0 unspecified atom stereocenters. The summed E-state index contributed by atoms with van der Waals surface area (Å²) in [6.45, 7) is 7.51. The predicted molar refractivity (Wildman–Crippen MR) is 177 cm³/mol. The number of esters is 1. The zero-order valence-corrected chi connectivity index (χ0v) is 29.0. The van der Waals surface area contributed by atoms with Crippen molar-refractivity contribution in [3.8, 4) is 0 Å². The number of aliphatic hydroxyl groups is 4. The van der Waals surface area contributed by atoms with E-state index in [2.05, 4.69) is 19.1 Å². The number of carbonyl (C=O) groups is 4. The monoisotopic (exact) mass is 675 g/mol. The molecule has 3 heterocycles. The molecular weight excluding hydrogens is 618 g/mol. The summed E-state index contributed by atoms with van der Waals surface area (Å²) in [4.78, 5) is 55.7. The van der Waals surface area contributed by atoms with Crippen LogP contribution in [-0.4, -0.2) is 97.7 Å². The van der Waals surface area contributed by atoms with Gasteiger partial charge in [-0.05, 0) is 101 Å². The summed E-state index contributed by atoms with van der Waals surface area (Å²) in [7, 11) is 0. The van der Waals surface area contributed by atoms with Crippen molar-refractivity contribution < 1.29 is 49.1 Å². The minimum atomic E-state index is -2.43. The van der Waals surface area contributed by atoms with E-state index in [0.717, 1.165) is 6.42 Å². The van der Waals surface area contributed by atoms with Gasteiger partial charge in [-0.2, -0.15) is 0 Å². The Kier molecular flexibility index (Phi) is 13.6. The van der Waals surface area contributed by atoms with Gasteiger partial charge in [-0.25, -0.2) is 4.79 Å². The molecule has 11 nitrogen and oxygen atoms in total. The first-order chi connectivity index (χ1) is 22.7. The highest BCUT2D eigenvalue weighted by Gasteiger charge is 2.53. The van der Waals surface area contributed by atoms with Crippen LogP contribution < -0.4 is 0 Å². The molecule has 0 aromatic rings. The summed E-state index contributed by atoms with van der Waals surface area (Å²) < 4.78 is 12.1. The van der Waals surface area contributed by atoms with Crippen LogP contribution in [0.2, 0.25) is 0 Å². The molecule has 4 N–H and O–H groups in total. The lowest BCUT2D eigenvalue weighted by Gasteiger charge is -2.43. The quantitative estimate of drug-likeness (QED) is 0.198. The Morgan fingerprint density at radius 3 is 2.38 bits per heavy atom. The second-order valence-electron chi connectivity index (χ2n) is 14.9. The molecule has 1 amide bonds. The number of cyclic esters (lactones) is 1. The molecule has 0 aromatic carbocycles. The number of ketones is 2. The minimum Gasteiger partial charge on any atom is -0.461 e. The van der Waals surface area contributed by atoms with Crippen LogP contribution in [0.1, 0.15) is 105 Å². The fourth-order valence-electron chi connectivity index (χ4n) is 7.73. The Hall–Kier alpha value is -2.44. The zero-order chi connectivity index (χ0) is 35.2. The van der Waals surface area contributed by atoms with Crippen LogP contribution in [0.15, 0.2) is 24.3 Å². The van der Waals surface area contributed by atoms with Gasteiger partial charge in [-0.3, -0.25) is 14.4 Å². The standard InChI is InChI=1S/C37H57NO10/c1-22-11-7-5-6-8-13-28(39)25(4)31-19-15-24(3)37(46,48-31)34(43)35(44)38-20-10-9-12-27(38)36(45)47-30(18-14-22)23(2)21-26-16-17-29(40)33(42)32(26)41/h7-8,11,13,22-27,29-33,40-42,46H,5-6,9-10,12,14-21H2,1-4H3/b11-7-,13-8+/t22-,23-,24-,25+,26+,27+,29-,30+,31+,32+,33+,37-/m1/s1. The van der Waals surface area contributed by atoms with Crippen LogP contribution in [0.5, 0.6) is 0 Å². The molecule has 270 valence electrons. The van der Waals surface area contributed by atoms with Gasteiger partial charge in [0, 0.05) is 18.4 Å². The van der Waals surface area contributed by atoms with Gasteiger partial charge in [0.25, 0.3) is 11.7 Å². The maximum absolute atomic E-state index is 13.9. The molecule has 4 rings (SSSR count). The normalized spacial score (nSPS) is 41.8. The summed E-state index contributed by atoms with van der Waals surface area (Å²) in [6, 6.07) is -1.02. The van der Waals surface area contributed by atoms with Gasteiger partial charge in [0.2, 0.25) is 5.79 Å². The Morgan fingerprint density at radius 1 is 0.896 bits per heavy atom. The van der Waals surface area contributed by atoms with Crippen LogP contribution in [0.4, 0.5) is 0 Å². The summed E-state index contributed by atoms with van der Waals surface area (Å²) >= 11 is 0. The van der Waals surface area contributed by atoms with E-state index in [1.807, 2.05) is 13.0 Å². The van der Waals surface area contributed by atoms with E-state index < -0.39 is 71.8 Å². The second-order valence-corrected chi connectivity index (χ2v) is 14.9. The van der Waals surface area contributed by atoms with Crippen molar-refractivity contribution in [1.29, 1.82) is 0 Å². The largest absolute Gasteiger partial charge is 0.461 e. The number of aliphatic hydroxyl groups excluding tert-OH is 3.